The normalized spacial score (nSPS) is 35.1. The van der Waals surface area contributed by atoms with Gasteiger partial charge in [-0.05, 0) is 77.7 Å². The number of carbonyl (C=O) groups is 2. The Morgan fingerprint density at radius 2 is 1.85 bits per heavy atom. The van der Waals surface area contributed by atoms with Gasteiger partial charge in [-0.1, -0.05) is 0 Å². The Morgan fingerprint density at radius 1 is 1.06 bits per heavy atom. The number of hydrogen-bond acceptors (Lipinski definition) is 8. The smallest absolute Gasteiger partial charge is 0.411 e. The third-order valence-electron chi connectivity index (χ3n) is 8.39. The summed E-state index contributed by atoms with van der Waals surface area (Å²) in [6.07, 6.45) is 4.83. The minimum Gasteiger partial charge on any atom is -0.453 e. The number of ether oxygens (including phenoxy) is 2. The fraction of sp³-hybridized carbons (Fsp3) is 0.917. The summed E-state index contributed by atoms with van der Waals surface area (Å²) in [6.45, 7) is 9.18. The quantitative estimate of drug-likeness (QED) is 0.558. The van der Waals surface area contributed by atoms with E-state index in [1.54, 1.807) is 0 Å². The molecule has 4 fully saturated rings. The van der Waals surface area contributed by atoms with Gasteiger partial charge in [0.05, 0.1) is 37.4 Å². The van der Waals surface area contributed by atoms with Crippen molar-refractivity contribution in [3.63, 3.8) is 0 Å². The van der Waals surface area contributed by atoms with Gasteiger partial charge in [0, 0.05) is 19.6 Å². The Bertz CT molecular complexity index is 731. The standard InChI is InChI=1S/C24H43N5O5/c1-16-13-27(22(31)34-21-7-5-6-10-25-21)20-11-17(8-9-19(20)29(16)23(32)33-4)18-12-26-28(14-18)24(2,3)15-30/h16-21,25-26,30H,5-15H2,1-4H3/t16-,17?,18?,19?,20?,21?/m0/s1. The van der Waals surface area contributed by atoms with Crippen LogP contribution in [0.4, 0.5) is 9.59 Å². The van der Waals surface area contributed by atoms with Crippen molar-refractivity contribution in [1.82, 2.24) is 25.6 Å². The SMILES string of the molecule is COC(=O)N1C2CCC(C3CNN(C(C)(C)CO)C3)CC2N(C(=O)OC2CCCCN2)C[C@@H]1C. The minimum absolute atomic E-state index is 0.0707. The van der Waals surface area contributed by atoms with E-state index < -0.39 is 0 Å². The predicted octanol–water partition coefficient (Wildman–Crippen LogP) is 1.74. The highest BCUT2D eigenvalue weighted by Gasteiger charge is 2.50. The topological polar surface area (TPSA) is 107 Å². The molecule has 3 N–H and O–H groups in total. The van der Waals surface area contributed by atoms with Crippen molar-refractivity contribution in [2.24, 2.45) is 11.8 Å². The number of methoxy groups -OCH3 is 1. The van der Waals surface area contributed by atoms with Crippen LogP contribution in [0.1, 0.15) is 59.3 Å². The molecule has 10 nitrogen and oxygen atoms in total. The summed E-state index contributed by atoms with van der Waals surface area (Å²) in [7, 11) is 1.42. The first kappa shape index (κ1) is 25.5. The third kappa shape index (κ3) is 5.15. The highest BCUT2D eigenvalue weighted by Crippen LogP contribution is 2.40. The lowest BCUT2D eigenvalue weighted by molar-refractivity contribution is -0.0517. The number of rotatable bonds is 4. The summed E-state index contributed by atoms with van der Waals surface area (Å²) >= 11 is 0. The highest BCUT2D eigenvalue weighted by molar-refractivity contribution is 5.72. The molecule has 0 bridgehead atoms. The molecule has 2 amide bonds. The van der Waals surface area contributed by atoms with Gasteiger partial charge in [-0.25, -0.2) is 14.6 Å². The molecule has 1 saturated carbocycles. The van der Waals surface area contributed by atoms with Crippen LogP contribution in [0.25, 0.3) is 0 Å². The monoisotopic (exact) mass is 481 g/mol. The molecular weight excluding hydrogens is 438 g/mol. The second-order valence-corrected chi connectivity index (χ2v) is 11.1. The maximum atomic E-state index is 13.3. The van der Waals surface area contributed by atoms with Crippen LogP contribution < -0.4 is 10.7 Å². The van der Waals surface area contributed by atoms with E-state index in [-0.39, 0.29) is 48.7 Å². The summed E-state index contributed by atoms with van der Waals surface area (Å²) in [6, 6.07) is -0.296. The first-order chi connectivity index (χ1) is 16.2. The zero-order valence-corrected chi connectivity index (χ0v) is 21.2. The summed E-state index contributed by atoms with van der Waals surface area (Å²) < 4.78 is 11.0. The van der Waals surface area contributed by atoms with E-state index in [1.807, 2.05) is 30.6 Å². The number of piperazine rings is 1. The fourth-order valence-corrected chi connectivity index (χ4v) is 6.28. The average molecular weight is 482 g/mol. The number of piperidine rings is 1. The van der Waals surface area contributed by atoms with Gasteiger partial charge in [0.2, 0.25) is 0 Å². The number of amides is 2. The van der Waals surface area contributed by atoms with Crippen LogP contribution in [0.5, 0.6) is 0 Å². The molecule has 0 aromatic rings. The van der Waals surface area contributed by atoms with Crippen molar-refractivity contribution < 1.29 is 24.2 Å². The van der Waals surface area contributed by atoms with Crippen LogP contribution in [0.15, 0.2) is 0 Å². The van der Waals surface area contributed by atoms with Crippen LogP contribution in [0.2, 0.25) is 0 Å². The number of fused-ring (bicyclic) bond motifs is 1. The Balaban J connectivity index is 1.49. The molecular formula is C24H43N5O5. The van der Waals surface area contributed by atoms with Crippen molar-refractivity contribution in [1.29, 1.82) is 0 Å². The van der Waals surface area contributed by atoms with Gasteiger partial charge in [0.1, 0.15) is 0 Å². The van der Waals surface area contributed by atoms with Crippen molar-refractivity contribution in [3.8, 4) is 0 Å². The molecule has 6 atom stereocenters. The first-order valence-corrected chi connectivity index (χ1v) is 12.9. The number of hydrogen-bond donors (Lipinski definition) is 3. The van der Waals surface area contributed by atoms with Gasteiger partial charge in [0.15, 0.2) is 6.23 Å². The Morgan fingerprint density at radius 3 is 2.53 bits per heavy atom. The first-order valence-electron chi connectivity index (χ1n) is 12.9. The van der Waals surface area contributed by atoms with E-state index in [0.717, 1.165) is 58.2 Å². The van der Waals surface area contributed by atoms with Crippen LogP contribution in [-0.4, -0.2) is 102 Å². The molecule has 3 saturated heterocycles. The van der Waals surface area contributed by atoms with Crippen LogP contribution >= 0.6 is 0 Å². The lowest BCUT2D eigenvalue weighted by Gasteiger charge is -2.53. The summed E-state index contributed by atoms with van der Waals surface area (Å²) in [4.78, 5) is 29.7. The predicted molar refractivity (Wildman–Crippen MR) is 127 cm³/mol. The van der Waals surface area contributed by atoms with E-state index in [1.165, 1.54) is 7.11 Å². The van der Waals surface area contributed by atoms with Crippen LogP contribution in [0.3, 0.4) is 0 Å². The van der Waals surface area contributed by atoms with Crippen molar-refractivity contribution in [2.45, 2.75) is 89.2 Å². The van der Waals surface area contributed by atoms with Gasteiger partial charge < -0.3 is 19.5 Å². The van der Waals surface area contributed by atoms with E-state index >= 15 is 0 Å². The zero-order chi connectivity index (χ0) is 24.5. The summed E-state index contributed by atoms with van der Waals surface area (Å²) in [5, 5.41) is 15.2. The van der Waals surface area contributed by atoms with E-state index in [2.05, 4.69) is 15.8 Å². The van der Waals surface area contributed by atoms with Crippen LogP contribution in [-0.2, 0) is 9.47 Å². The lowest BCUT2D eigenvalue weighted by Crippen LogP contribution is -2.67. The Hall–Kier alpha value is -1.62. The molecule has 194 valence electrons. The molecule has 0 radical (unpaired) electrons. The lowest BCUT2D eigenvalue weighted by atomic mass is 9.73. The molecule has 1 aliphatic carbocycles. The van der Waals surface area contributed by atoms with Gasteiger partial charge in [0.25, 0.3) is 0 Å². The van der Waals surface area contributed by atoms with Crippen molar-refractivity contribution in [2.75, 3.05) is 39.9 Å². The number of nitrogens with zero attached hydrogens (tertiary/aromatic N) is 3. The molecule has 3 aliphatic heterocycles. The number of aliphatic hydroxyl groups is 1. The molecule has 0 aromatic heterocycles. The number of hydrazine groups is 1. The number of carbonyl (C=O) groups excluding carboxylic acids is 2. The summed E-state index contributed by atoms with van der Waals surface area (Å²) in [5.41, 5.74) is 3.15. The second kappa shape index (κ2) is 10.6. The largest absolute Gasteiger partial charge is 0.453 e. The van der Waals surface area contributed by atoms with E-state index in [9.17, 15) is 14.7 Å². The highest BCUT2D eigenvalue weighted by atomic mass is 16.6. The molecule has 3 heterocycles. The summed E-state index contributed by atoms with van der Waals surface area (Å²) in [5.74, 6) is 0.847. The zero-order valence-electron chi connectivity index (χ0n) is 21.2. The molecule has 10 heteroatoms. The number of aliphatic hydroxyl groups excluding tert-OH is 1. The average Bonchev–Trinajstić information content (AvgIpc) is 3.35. The molecule has 0 spiro atoms. The van der Waals surface area contributed by atoms with Gasteiger partial charge >= 0.3 is 12.2 Å². The molecule has 4 rings (SSSR count). The van der Waals surface area contributed by atoms with Gasteiger partial charge in [-0.3, -0.25) is 15.6 Å². The third-order valence-corrected chi connectivity index (χ3v) is 8.39. The Labute approximate surface area is 203 Å². The Kier molecular flexibility index (Phi) is 7.91. The van der Waals surface area contributed by atoms with E-state index in [0.29, 0.717) is 18.4 Å². The van der Waals surface area contributed by atoms with Crippen LogP contribution in [0, 0.1) is 11.8 Å². The maximum absolute atomic E-state index is 13.3. The maximum Gasteiger partial charge on any atom is 0.411 e. The molecule has 4 aliphatic rings. The minimum atomic E-state index is -0.323. The molecule has 0 aromatic carbocycles. The fourth-order valence-electron chi connectivity index (χ4n) is 6.28. The van der Waals surface area contributed by atoms with Crippen molar-refractivity contribution >= 4 is 12.2 Å². The molecule has 5 unspecified atom stereocenters. The van der Waals surface area contributed by atoms with Gasteiger partial charge in [-0.15, -0.1) is 0 Å². The van der Waals surface area contributed by atoms with Gasteiger partial charge in [-0.2, -0.15) is 0 Å². The number of nitrogens with one attached hydrogen (secondary N) is 2. The molecule has 34 heavy (non-hydrogen) atoms. The van der Waals surface area contributed by atoms with Crippen molar-refractivity contribution in [3.05, 3.63) is 0 Å². The second-order valence-electron chi connectivity index (χ2n) is 11.1. The van der Waals surface area contributed by atoms with E-state index in [4.69, 9.17) is 9.47 Å².